The first-order valence-electron chi connectivity index (χ1n) is 12.3. The second-order valence-corrected chi connectivity index (χ2v) is 10.8. The van der Waals surface area contributed by atoms with Crippen molar-refractivity contribution >= 4 is 34.5 Å². The lowest BCUT2D eigenvalue weighted by Crippen LogP contribution is -2.32. The van der Waals surface area contributed by atoms with E-state index in [2.05, 4.69) is 35.4 Å². The Labute approximate surface area is 218 Å². The zero-order valence-corrected chi connectivity index (χ0v) is 21.7. The fourth-order valence-corrected chi connectivity index (χ4v) is 5.54. The highest BCUT2D eigenvalue weighted by atomic mass is 19.4. The molecule has 0 bridgehead atoms. The van der Waals surface area contributed by atoms with Crippen LogP contribution in [0, 0.1) is 11.3 Å². The highest BCUT2D eigenvalue weighted by Gasteiger charge is 2.35. The van der Waals surface area contributed by atoms with Gasteiger partial charge in [-0.15, -0.1) is 13.2 Å². The number of alkyl halides is 3. The lowest BCUT2D eigenvalue weighted by atomic mass is 9.70. The molecule has 2 unspecified atom stereocenters. The van der Waals surface area contributed by atoms with Crippen molar-refractivity contribution in [2.24, 2.45) is 11.3 Å². The summed E-state index contributed by atoms with van der Waals surface area (Å²) in [6, 6.07) is 10.5. The van der Waals surface area contributed by atoms with Gasteiger partial charge in [-0.25, -0.2) is 4.98 Å². The van der Waals surface area contributed by atoms with E-state index in [4.69, 9.17) is 10.1 Å². The monoisotopic (exact) mass is 532 g/mol. The van der Waals surface area contributed by atoms with Gasteiger partial charge in [-0.05, 0) is 73.1 Å². The Morgan fingerprint density at radius 3 is 2.47 bits per heavy atom. The Hall–Kier alpha value is -3.76. The molecule has 2 atom stereocenters. The van der Waals surface area contributed by atoms with Crippen molar-refractivity contribution in [3.05, 3.63) is 48.0 Å². The Morgan fingerprint density at radius 1 is 1.18 bits per heavy atom. The number of halogens is 3. The average Bonchev–Trinajstić information content (AvgIpc) is 3.14. The van der Waals surface area contributed by atoms with Crippen LogP contribution in [0.1, 0.15) is 56.4 Å². The molecule has 8 nitrogen and oxygen atoms in total. The number of carbonyl (C=O) groups is 2. The van der Waals surface area contributed by atoms with Crippen molar-refractivity contribution in [2.45, 2.75) is 52.4 Å². The van der Waals surface area contributed by atoms with Crippen LogP contribution in [0.15, 0.2) is 42.5 Å². The number of aromatic nitrogens is 2. The summed E-state index contributed by atoms with van der Waals surface area (Å²) in [5.41, 5.74) is 2.29. The molecule has 11 heteroatoms. The quantitative estimate of drug-likeness (QED) is 0.375. The third-order valence-electron chi connectivity index (χ3n) is 6.73. The van der Waals surface area contributed by atoms with Crippen LogP contribution in [0.5, 0.6) is 5.75 Å². The van der Waals surface area contributed by atoms with Crippen LogP contribution in [-0.2, 0) is 4.79 Å². The highest BCUT2D eigenvalue weighted by Crippen LogP contribution is 2.46. The van der Waals surface area contributed by atoms with Gasteiger partial charge >= 0.3 is 12.3 Å². The molecule has 3 aromatic rings. The molecule has 0 aliphatic heterocycles. The van der Waals surface area contributed by atoms with Crippen molar-refractivity contribution < 1.29 is 32.6 Å². The second-order valence-electron chi connectivity index (χ2n) is 10.8. The zero-order chi connectivity index (χ0) is 27.8. The first-order valence-corrected chi connectivity index (χ1v) is 12.3. The van der Waals surface area contributed by atoms with Crippen molar-refractivity contribution in [1.82, 2.24) is 14.5 Å². The summed E-state index contributed by atoms with van der Waals surface area (Å²) in [6.07, 6.45) is -1.95. The molecule has 1 heterocycles. The molecule has 2 N–H and O–H groups in total. The van der Waals surface area contributed by atoms with Gasteiger partial charge in [-0.2, -0.15) is 0 Å². The molecule has 0 radical (unpaired) electrons. The predicted octanol–water partition coefficient (Wildman–Crippen LogP) is 6.22. The molecule has 1 aliphatic rings. The molecule has 2 aromatic carbocycles. The number of ether oxygens (including phenoxy) is 1. The molecule has 1 amide bonds. The number of anilines is 2. The fourth-order valence-electron chi connectivity index (χ4n) is 5.54. The molecule has 0 spiro atoms. The minimum Gasteiger partial charge on any atom is -0.480 e. The maximum Gasteiger partial charge on any atom is 0.573 e. The topological polar surface area (TPSA) is 96.7 Å². The Bertz CT molecular complexity index is 1330. The van der Waals surface area contributed by atoms with E-state index < -0.39 is 24.8 Å². The number of hydrogen-bond acceptors (Lipinski definition) is 5. The number of amides is 1. The average molecular weight is 533 g/mol. The summed E-state index contributed by atoms with van der Waals surface area (Å²) in [5.74, 6) is -0.909. The van der Waals surface area contributed by atoms with Gasteiger partial charge in [-0.1, -0.05) is 20.8 Å². The lowest BCUT2D eigenvalue weighted by Gasteiger charge is -2.40. The molecule has 1 aromatic heterocycles. The number of carboxylic acids is 1. The largest absolute Gasteiger partial charge is 0.573 e. The number of benzene rings is 2. The van der Waals surface area contributed by atoms with Crippen LogP contribution in [0.3, 0.4) is 0 Å². The van der Waals surface area contributed by atoms with Crippen LogP contribution < -0.4 is 10.1 Å². The van der Waals surface area contributed by atoms with E-state index in [0.717, 1.165) is 24.2 Å². The van der Waals surface area contributed by atoms with Gasteiger partial charge < -0.3 is 24.6 Å². The van der Waals surface area contributed by atoms with Crippen LogP contribution in [0.4, 0.5) is 24.8 Å². The first kappa shape index (κ1) is 27.3. The number of aliphatic carboxylic acids is 1. The predicted molar refractivity (Wildman–Crippen MR) is 137 cm³/mol. The molecule has 1 fully saturated rings. The summed E-state index contributed by atoms with van der Waals surface area (Å²) in [6.45, 7) is 6.22. The number of rotatable bonds is 7. The van der Waals surface area contributed by atoms with Crippen molar-refractivity contribution in [3.63, 3.8) is 0 Å². The van der Waals surface area contributed by atoms with E-state index >= 15 is 0 Å². The normalized spacial score (nSPS) is 19.2. The molecule has 38 heavy (non-hydrogen) atoms. The van der Waals surface area contributed by atoms with E-state index in [9.17, 15) is 22.8 Å². The number of likely N-dealkylation sites (N-methyl/N-ethyl adjacent to an activating group) is 1. The van der Waals surface area contributed by atoms with E-state index in [-0.39, 0.29) is 17.2 Å². The zero-order valence-electron chi connectivity index (χ0n) is 21.7. The number of imidazole rings is 1. The number of carboxylic acid groups (broad SMARTS) is 1. The van der Waals surface area contributed by atoms with Gasteiger partial charge in [0.2, 0.25) is 5.95 Å². The van der Waals surface area contributed by atoms with Gasteiger partial charge in [0.15, 0.2) is 0 Å². The standard InChI is InChI=1S/C27H31F3N4O4/c1-16-11-19(14-26(2,3)13-16)34-22-12-17(24(37)33(4)15-23(35)36)5-10-21(22)32-25(34)31-18-6-8-20(9-7-18)38-27(28,29)30/h5-10,12,16,19H,11,13-15H2,1-4H3,(H,31,32)(H,35,36). The third-order valence-corrected chi connectivity index (χ3v) is 6.73. The maximum atomic E-state index is 12.9. The van der Waals surface area contributed by atoms with Gasteiger partial charge in [0.05, 0.1) is 11.0 Å². The minimum atomic E-state index is -4.78. The number of fused-ring (bicyclic) bond motifs is 1. The minimum absolute atomic E-state index is 0.0520. The Morgan fingerprint density at radius 2 is 1.87 bits per heavy atom. The summed E-state index contributed by atoms with van der Waals surface area (Å²) in [5, 5.41) is 12.3. The van der Waals surface area contributed by atoms with Crippen molar-refractivity contribution in [1.29, 1.82) is 0 Å². The van der Waals surface area contributed by atoms with E-state index in [0.29, 0.717) is 34.2 Å². The molecule has 0 saturated heterocycles. The van der Waals surface area contributed by atoms with Gasteiger partial charge in [0, 0.05) is 24.3 Å². The van der Waals surface area contributed by atoms with Crippen LogP contribution in [0.2, 0.25) is 0 Å². The summed E-state index contributed by atoms with van der Waals surface area (Å²) < 4.78 is 43.7. The number of carbonyl (C=O) groups excluding carboxylic acids is 1. The van der Waals surface area contributed by atoms with E-state index in [1.165, 1.54) is 31.3 Å². The van der Waals surface area contributed by atoms with Crippen molar-refractivity contribution in [2.75, 3.05) is 18.9 Å². The third kappa shape index (κ3) is 6.38. The maximum absolute atomic E-state index is 12.9. The molecule has 1 saturated carbocycles. The SMILES string of the molecule is CC1CC(n2c(Nc3ccc(OC(F)(F)F)cc3)nc3ccc(C(=O)N(C)CC(=O)O)cc32)CC(C)(C)C1. The summed E-state index contributed by atoms with van der Waals surface area (Å²) in [4.78, 5) is 29.9. The van der Waals surface area contributed by atoms with Crippen LogP contribution in [-0.4, -0.2) is 51.4 Å². The van der Waals surface area contributed by atoms with Crippen molar-refractivity contribution in [3.8, 4) is 5.75 Å². The molecule has 1 aliphatic carbocycles. The molecule has 4 rings (SSSR count). The van der Waals surface area contributed by atoms with Gasteiger partial charge in [0.25, 0.3) is 5.91 Å². The Balaban J connectivity index is 1.74. The highest BCUT2D eigenvalue weighted by molar-refractivity contribution is 5.99. The molecular formula is C27H31F3N4O4. The van der Waals surface area contributed by atoms with Crippen LogP contribution >= 0.6 is 0 Å². The fraction of sp³-hybridized carbons (Fsp3) is 0.444. The van der Waals surface area contributed by atoms with E-state index in [1.54, 1.807) is 18.2 Å². The number of nitrogens with zero attached hydrogens (tertiary/aromatic N) is 3. The van der Waals surface area contributed by atoms with Gasteiger partial charge in [0.1, 0.15) is 12.3 Å². The van der Waals surface area contributed by atoms with E-state index in [1.807, 2.05) is 0 Å². The summed E-state index contributed by atoms with van der Waals surface area (Å²) >= 11 is 0. The molecular weight excluding hydrogens is 501 g/mol. The summed E-state index contributed by atoms with van der Waals surface area (Å²) in [7, 11) is 1.43. The lowest BCUT2D eigenvalue weighted by molar-refractivity contribution is -0.274. The number of hydrogen-bond donors (Lipinski definition) is 2. The Kier molecular flexibility index (Phi) is 7.31. The van der Waals surface area contributed by atoms with Crippen LogP contribution in [0.25, 0.3) is 11.0 Å². The van der Waals surface area contributed by atoms with Gasteiger partial charge in [-0.3, -0.25) is 9.59 Å². The molecule has 204 valence electrons. The second kappa shape index (κ2) is 10.2. The smallest absolute Gasteiger partial charge is 0.480 e. The number of nitrogens with one attached hydrogen (secondary N) is 1. The first-order chi connectivity index (χ1) is 17.7.